The number of methoxy groups -OCH3 is 1. The second-order valence-electron chi connectivity index (χ2n) is 5.63. The van der Waals surface area contributed by atoms with Crippen molar-refractivity contribution in [3.05, 3.63) is 79.9 Å². The van der Waals surface area contributed by atoms with Crippen molar-refractivity contribution in [2.75, 3.05) is 7.11 Å². The first-order chi connectivity index (χ1) is 14.4. The smallest absolute Gasteiger partial charge is 0.476 e. The lowest BCUT2D eigenvalue weighted by Crippen LogP contribution is -2.35. The summed E-state index contributed by atoms with van der Waals surface area (Å²) in [6.07, 6.45) is -4.95. The van der Waals surface area contributed by atoms with Crippen molar-refractivity contribution in [3.8, 4) is 5.75 Å². The Kier molecular flexibility index (Phi) is 6.79. The second-order valence-corrected chi connectivity index (χ2v) is 7.24. The molecule has 0 aliphatic rings. The maximum absolute atomic E-state index is 12.8. The molecule has 2 rings (SSSR count). The molecular weight excluding hydrogens is 451 g/mol. The van der Waals surface area contributed by atoms with Crippen LogP contribution >= 0.6 is 0 Å². The minimum atomic E-state index is -5.16. The molecule has 0 bridgehead atoms. The van der Waals surface area contributed by atoms with E-state index in [0.29, 0.717) is 12.1 Å². The lowest BCUT2D eigenvalue weighted by Gasteiger charge is -2.13. The number of rotatable bonds is 7. The van der Waals surface area contributed by atoms with Crippen molar-refractivity contribution < 1.29 is 40.9 Å². The number of nitrogens with zero attached hydrogens (tertiary/aromatic N) is 3. The maximum atomic E-state index is 12.8. The molecule has 0 aromatic heterocycles. The van der Waals surface area contributed by atoms with E-state index in [2.05, 4.69) is 9.13 Å². The minimum absolute atomic E-state index is 0.0623. The van der Waals surface area contributed by atoms with E-state index in [0.717, 1.165) is 7.11 Å². The molecule has 166 valence electrons. The SMILES string of the molecule is CO/C(=N\S(=O)(=O)C(Oc1ccc(C(F)(F)F)cc1[N+](=O)[O-])[N+](=O)[O-])c1ccccc1. The Morgan fingerprint density at radius 3 is 2.19 bits per heavy atom. The van der Waals surface area contributed by atoms with Gasteiger partial charge in [0.25, 0.3) is 0 Å². The molecule has 0 heterocycles. The predicted molar refractivity (Wildman–Crippen MR) is 98.4 cm³/mol. The molecule has 0 saturated carbocycles. The van der Waals surface area contributed by atoms with Crippen molar-refractivity contribution in [1.29, 1.82) is 0 Å². The largest absolute Gasteiger partial charge is 0.480 e. The number of halogens is 3. The first kappa shape index (κ1) is 23.5. The van der Waals surface area contributed by atoms with Gasteiger partial charge >= 0.3 is 27.4 Å². The van der Waals surface area contributed by atoms with Crippen LogP contribution in [0.3, 0.4) is 0 Å². The van der Waals surface area contributed by atoms with Gasteiger partial charge in [-0.2, -0.15) is 21.6 Å². The molecule has 0 amide bonds. The van der Waals surface area contributed by atoms with Crippen LogP contribution in [0.1, 0.15) is 11.1 Å². The summed E-state index contributed by atoms with van der Waals surface area (Å²) in [7, 11) is -4.12. The first-order valence-electron chi connectivity index (χ1n) is 7.96. The summed E-state index contributed by atoms with van der Waals surface area (Å²) in [5.74, 6) is -1.62. The highest BCUT2D eigenvalue weighted by molar-refractivity contribution is 7.90. The average Bonchev–Trinajstić information content (AvgIpc) is 2.69. The van der Waals surface area contributed by atoms with E-state index in [1.807, 2.05) is 0 Å². The van der Waals surface area contributed by atoms with Gasteiger partial charge in [0.15, 0.2) is 0 Å². The van der Waals surface area contributed by atoms with Crippen LogP contribution in [-0.2, 0) is 20.9 Å². The molecule has 31 heavy (non-hydrogen) atoms. The summed E-state index contributed by atoms with van der Waals surface area (Å²) in [4.78, 5) is 19.6. The fourth-order valence-electron chi connectivity index (χ4n) is 2.21. The number of hydrogen-bond donors (Lipinski definition) is 0. The lowest BCUT2D eigenvalue weighted by atomic mass is 10.2. The summed E-state index contributed by atoms with van der Waals surface area (Å²) in [6.45, 7) is 0. The highest BCUT2D eigenvalue weighted by atomic mass is 32.2. The van der Waals surface area contributed by atoms with Gasteiger partial charge in [-0.15, -0.1) is 4.40 Å². The van der Waals surface area contributed by atoms with Gasteiger partial charge in [0.1, 0.15) is 0 Å². The van der Waals surface area contributed by atoms with E-state index in [9.17, 15) is 41.8 Å². The van der Waals surface area contributed by atoms with Crippen LogP contribution in [-0.4, -0.2) is 36.8 Å². The third-order valence-electron chi connectivity index (χ3n) is 3.56. The zero-order valence-corrected chi connectivity index (χ0v) is 16.2. The highest BCUT2D eigenvalue weighted by Crippen LogP contribution is 2.36. The molecule has 11 nitrogen and oxygen atoms in total. The Morgan fingerprint density at radius 1 is 1.10 bits per heavy atom. The summed E-state index contributed by atoms with van der Waals surface area (Å²) in [6, 6.07) is 8.20. The minimum Gasteiger partial charge on any atom is -0.480 e. The van der Waals surface area contributed by atoms with Gasteiger partial charge in [0.05, 0.1) is 22.5 Å². The molecule has 0 spiro atoms. The molecular formula is C16H12F3N3O8S. The van der Waals surface area contributed by atoms with Crippen LogP contribution in [0.5, 0.6) is 5.75 Å². The number of benzene rings is 2. The van der Waals surface area contributed by atoms with Crippen molar-refractivity contribution in [2.24, 2.45) is 4.40 Å². The summed E-state index contributed by atoms with van der Waals surface area (Å²) < 4.78 is 75.9. The molecule has 0 aliphatic carbocycles. The fraction of sp³-hybridized carbons (Fsp3) is 0.188. The van der Waals surface area contributed by atoms with Gasteiger partial charge in [-0.05, 0) is 24.3 Å². The van der Waals surface area contributed by atoms with Crippen LogP contribution < -0.4 is 4.74 Å². The monoisotopic (exact) mass is 463 g/mol. The van der Waals surface area contributed by atoms with Gasteiger partial charge in [-0.3, -0.25) is 20.2 Å². The fourth-order valence-corrected chi connectivity index (χ4v) is 3.15. The summed E-state index contributed by atoms with van der Waals surface area (Å²) in [5, 5.41) is 22.4. The van der Waals surface area contributed by atoms with E-state index in [4.69, 9.17) is 4.74 Å². The van der Waals surface area contributed by atoms with Gasteiger partial charge in [0, 0.05) is 11.6 Å². The van der Waals surface area contributed by atoms with Crippen molar-refractivity contribution in [3.63, 3.8) is 0 Å². The highest BCUT2D eigenvalue weighted by Gasteiger charge is 2.42. The van der Waals surface area contributed by atoms with Crippen LogP contribution in [0.4, 0.5) is 18.9 Å². The Hall–Kier alpha value is -3.75. The van der Waals surface area contributed by atoms with Crippen molar-refractivity contribution in [1.82, 2.24) is 0 Å². The predicted octanol–water partition coefficient (Wildman–Crippen LogP) is 2.98. The first-order valence-corrected chi connectivity index (χ1v) is 9.46. The van der Waals surface area contributed by atoms with E-state index >= 15 is 0 Å². The number of ether oxygens (including phenoxy) is 2. The Bertz CT molecular complexity index is 1120. The Morgan fingerprint density at radius 2 is 1.71 bits per heavy atom. The van der Waals surface area contributed by atoms with E-state index < -0.39 is 54.5 Å². The third-order valence-corrected chi connectivity index (χ3v) is 4.76. The number of hydrogen-bond acceptors (Lipinski definition) is 8. The van der Waals surface area contributed by atoms with Gasteiger partial charge in [-0.1, -0.05) is 18.2 Å². The number of nitro benzene ring substituents is 1. The Balaban J connectivity index is 2.51. The van der Waals surface area contributed by atoms with E-state index in [-0.39, 0.29) is 11.6 Å². The number of alkyl halides is 3. The molecule has 1 unspecified atom stereocenters. The zero-order valence-electron chi connectivity index (χ0n) is 15.3. The van der Waals surface area contributed by atoms with E-state index in [1.54, 1.807) is 6.07 Å². The Labute approximate surface area is 172 Å². The standard InChI is InChI=1S/C16H12F3N3O8S/c1-29-14(10-5-3-2-4-6-10)20-31(27,28)15(22(25)26)30-13-8-7-11(16(17,18)19)9-12(13)21(23)24/h2-9,15H,1H3/b20-14-. The summed E-state index contributed by atoms with van der Waals surface area (Å²) >= 11 is 0. The molecule has 0 N–H and O–H groups in total. The van der Waals surface area contributed by atoms with Gasteiger partial charge in [-0.25, -0.2) is 0 Å². The van der Waals surface area contributed by atoms with Crippen molar-refractivity contribution in [2.45, 2.75) is 11.7 Å². The molecule has 0 aliphatic heterocycles. The summed E-state index contributed by atoms with van der Waals surface area (Å²) in [5.41, 5.74) is -5.63. The van der Waals surface area contributed by atoms with Crippen LogP contribution in [0, 0.1) is 20.2 Å². The average molecular weight is 463 g/mol. The number of nitro groups is 2. The van der Waals surface area contributed by atoms with Crippen LogP contribution in [0.2, 0.25) is 0 Å². The zero-order chi connectivity index (χ0) is 23.4. The topological polar surface area (TPSA) is 151 Å². The van der Waals surface area contributed by atoms with Crippen molar-refractivity contribution >= 4 is 21.6 Å². The van der Waals surface area contributed by atoms with E-state index in [1.165, 1.54) is 24.3 Å². The molecule has 15 heteroatoms. The molecule has 1 atom stereocenters. The molecule has 0 radical (unpaired) electrons. The number of sulfonamides is 1. The van der Waals surface area contributed by atoms with Crippen LogP contribution in [0.25, 0.3) is 0 Å². The lowest BCUT2D eigenvalue weighted by molar-refractivity contribution is -0.534. The second kappa shape index (κ2) is 8.95. The molecule has 2 aromatic carbocycles. The van der Waals surface area contributed by atoms with Gasteiger partial charge in [0.2, 0.25) is 11.6 Å². The normalized spacial score (nSPS) is 13.4. The third kappa shape index (κ3) is 5.65. The molecule has 2 aromatic rings. The maximum Gasteiger partial charge on any atom is 0.476 e. The molecule has 0 fully saturated rings. The molecule has 0 saturated heterocycles. The quantitative estimate of drug-likeness (QED) is 0.200. The van der Waals surface area contributed by atoms with Crippen LogP contribution in [0.15, 0.2) is 52.9 Å². The van der Waals surface area contributed by atoms with Gasteiger partial charge < -0.3 is 9.47 Å².